The highest BCUT2D eigenvalue weighted by Crippen LogP contribution is 2.31. The second kappa shape index (κ2) is 7.65. The molecule has 0 atom stereocenters. The molecule has 0 fully saturated rings. The number of fused-ring (bicyclic) bond motifs is 3. The summed E-state index contributed by atoms with van der Waals surface area (Å²) in [6, 6.07) is 12.3. The van der Waals surface area contributed by atoms with Crippen LogP contribution in [0.2, 0.25) is 0 Å². The lowest BCUT2D eigenvalue weighted by Crippen LogP contribution is -2.27. The van der Waals surface area contributed by atoms with Gasteiger partial charge in [0.05, 0.1) is 0 Å². The first-order valence-corrected chi connectivity index (χ1v) is 9.57. The molecule has 0 amide bonds. The van der Waals surface area contributed by atoms with Crippen LogP contribution in [0.3, 0.4) is 0 Å². The summed E-state index contributed by atoms with van der Waals surface area (Å²) in [5, 5.41) is 2.08. The number of hydrogen-bond acceptors (Lipinski definition) is 3. The minimum atomic E-state index is 0.0547. The molecule has 4 heteroatoms. The summed E-state index contributed by atoms with van der Waals surface area (Å²) in [7, 11) is 2.15. The highest BCUT2D eigenvalue weighted by Gasteiger charge is 2.14. The topological polar surface area (TPSA) is 42.3 Å². The van der Waals surface area contributed by atoms with Crippen LogP contribution >= 0.6 is 0 Å². The average Bonchev–Trinajstić information content (AvgIpc) is 2.94. The fourth-order valence-electron chi connectivity index (χ4n) is 3.52. The fraction of sp³-hybridized carbons (Fsp3) is 0.391. The second-order valence-corrected chi connectivity index (χ2v) is 7.66. The third-order valence-electron chi connectivity index (χ3n) is 5.45. The van der Waals surface area contributed by atoms with E-state index in [2.05, 4.69) is 30.4 Å². The smallest absolute Gasteiger partial charge is 0.159 e. The largest absolute Gasteiger partial charge is 0.340 e. The molecule has 0 aliphatic heterocycles. The predicted octanol–water partition coefficient (Wildman–Crippen LogP) is 4.93. The van der Waals surface area contributed by atoms with Crippen molar-refractivity contribution in [3.05, 3.63) is 47.5 Å². The number of hydrogen-bond donors (Lipinski definition) is 0. The molecule has 0 spiro atoms. The molecule has 1 aromatic heterocycles. The van der Waals surface area contributed by atoms with Crippen molar-refractivity contribution < 1.29 is 9.59 Å². The molecule has 0 aliphatic rings. The highest BCUT2D eigenvalue weighted by molar-refractivity contribution is 6.12. The van der Waals surface area contributed by atoms with E-state index in [1.54, 1.807) is 13.8 Å². The molecule has 0 bridgehead atoms. The summed E-state index contributed by atoms with van der Waals surface area (Å²) in [4.78, 5) is 26.0. The lowest BCUT2D eigenvalue weighted by molar-refractivity contribution is 0.100. The van der Waals surface area contributed by atoms with Crippen LogP contribution in [0.5, 0.6) is 0 Å². The van der Waals surface area contributed by atoms with Crippen LogP contribution in [0.4, 0.5) is 0 Å². The standard InChI is InChI=1S/C23H28N2O2/c1-15(2)24(5)11-6-12-25-22-9-7-18(16(3)26)13-20(22)21-14-19(17(4)27)8-10-23(21)25/h7-10,13-15H,6,11-12H2,1-5H3. The number of ketones is 2. The maximum Gasteiger partial charge on any atom is 0.159 e. The number of Topliss-reactive ketones (excluding diaryl/α,β-unsaturated/α-hetero) is 2. The van der Waals surface area contributed by atoms with E-state index >= 15 is 0 Å². The Morgan fingerprint density at radius 3 is 1.81 bits per heavy atom. The van der Waals surface area contributed by atoms with E-state index in [4.69, 9.17) is 0 Å². The molecule has 142 valence electrons. The van der Waals surface area contributed by atoms with Crippen LogP contribution in [-0.2, 0) is 6.54 Å². The van der Waals surface area contributed by atoms with Crippen molar-refractivity contribution in [2.45, 2.75) is 46.7 Å². The van der Waals surface area contributed by atoms with Gasteiger partial charge in [-0.1, -0.05) is 0 Å². The summed E-state index contributed by atoms with van der Waals surface area (Å²) in [5.41, 5.74) is 3.63. The van der Waals surface area contributed by atoms with Crippen LogP contribution in [0.15, 0.2) is 36.4 Å². The lowest BCUT2D eigenvalue weighted by Gasteiger charge is -2.21. The normalized spacial score (nSPS) is 11.8. The Balaban J connectivity index is 2.10. The Hall–Kier alpha value is -2.46. The number of carbonyl (C=O) groups excluding carboxylic acids is 2. The van der Waals surface area contributed by atoms with E-state index in [1.807, 2.05) is 36.4 Å². The molecule has 0 aliphatic carbocycles. The lowest BCUT2D eigenvalue weighted by atomic mass is 10.0. The molecule has 27 heavy (non-hydrogen) atoms. The molecule has 1 heterocycles. The van der Waals surface area contributed by atoms with Gasteiger partial charge in [-0.25, -0.2) is 0 Å². The van der Waals surface area contributed by atoms with Gasteiger partial charge in [0.2, 0.25) is 0 Å². The average molecular weight is 364 g/mol. The Kier molecular flexibility index (Phi) is 5.47. The van der Waals surface area contributed by atoms with Gasteiger partial charge in [-0.15, -0.1) is 0 Å². The van der Waals surface area contributed by atoms with E-state index in [0.29, 0.717) is 17.2 Å². The maximum absolute atomic E-state index is 11.9. The van der Waals surface area contributed by atoms with E-state index in [1.165, 1.54) is 0 Å². The van der Waals surface area contributed by atoms with Crippen LogP contribution in [0.1, 0.15) is 54.8 Å². The maximum atomic E-state index is 11.9. The molecule has 0 N–H and O–H groups in total. The zero-order valence-electron chi connectivity index (χ0n) is 16.9. The van der Waals surface area contributed by atoms with E-state index < -0.39 is 0 Å². The summed E-state index contributed by atoms with van der Waals surface area (Å²) in [6.07, 6.45) is 1.04. The van der Waals surface area contributed by atoms with Crippen molar-refractivity contribution in [1.29, 1.82) is 0 Å². The zero-order chi connectivity index (χ0) is 19.7. The van der Waals surface area contributed by atoms with E-state index in [-0.39, 0.29) is 11.6 Å². The monoisotopic (exact) mass is 364 g/mol. The molecule has 0 saturated carbocycles. The molecule has 0 unspecified atom stereocenters. The molecule has 3 rings (SSSR count). The SMILES string of the molecule is CC(=O)c1ccc2c(c1)c1cc(C(C)=O)ccc1n2CCCN(C)C(C)C. The second-order valence-electron chi connectivity index (χ2n) is 7.66. The van der Waals surface area contributed by atoms with Gasteiger partial charge < -0.3 is 9.47 Å². The molecule has 3 aromatic rings. The van der Waals surface area contributed by atoms with Gasteiger partial charge in [-0.3, -0.25) is 9.59 Å². The van der Waals surface area contributed by atoms with Crippen molar-refractivity contribution in [2.24, 2.45) is 0 Å². The molecule has 0 saturated heterocycles. The predicted molar refractivity (Wildman–Crippen MR) is 112 cm³/mol. The Morgan fingerprint density at radius 2 is 1.41 bits per heavy atom. The van der Waals surface area contributed by atoms with Crippen LogP contribution in [-0.4, -0.2) is 40.7 Å². The van der Waals surface area contributed by atoms with Gasteiger partial charge in [0.1, 0.15) is 0 Å². The van der Waals surface area contributed by atoms with E-state index in [0.717, 1.165) is 41.3 Å². The van der Waals surface area contributed by atoms with Gasteiger partial charge in [0, 0.05) is 45.5 Å². The first-order valence-electron chi connectivity index (χ1n) is 9.57. The first kappa shape index (κ1) is 19.3. The quantitative estimate of drug-likeness (QED) is 0.558. The molecule has 0 radical (unpaired) electrons. The summed E-state index contributed by atoms with van der Waals surface area (Å²) < 4.78 is 2.31. The van der Waals surface area contributed by atoms with Gasteiger partial charge in [0.15, 0.2) is 11.6 Å². The van der Waals surface area contributed by atoms with Gasteiger partial charge >= 0.3 is 0 Å². The Labute approximate surface area is 160 Å². The third-order valence-corrected chi connectivity index (χ3v) is 5.45. The van der Waals surface area contributed by atoms with Crippen molar-refractivity contribution >= 4 is 33.4 Å². The van der Waals surface area contributed by atoms with Gasteiger partial charge in [-0.2, -0.15) is 0 Å². The zero-order valence-corrected chi connectivity index (χ0v) is 16.9. The summed E-state index contributed by atoms with van der Waals surface area (Å²) in [5.74, 6) is 0.109. The van der Waals surface area contributed by atoms with Crippen molar-refractivity contribution in [1.82, 2.24) is 9.47 Å². The summed E-state index contributed by atoms with van der Waals surface area (Å²) >= 11 is 0. The molecular formula is C23H28N2O2. The number of carbonyl (C=O) groups is 2. The Bertz CT molecular complexity index is 943. The number of aryl methyl sites for hydroxylation is 1. The van der Waals surface area contributed by atoms with Crippen LogP contribution in [0, 0.1) is 0 Å². The van der Waals surface area contributed by atoms with Crippen LogP contribution in [0.25, 0.3) is 21.8 Å². The van der Waals surface area contributed by atoms with Crippen LogP contribution < -0.4 is 0 Å². The van der Waals surface area contributed by atoms with Gasteiger partial charge in [0.25, 0.3) is 0 Å². The Morgan fingerprint density at radius 1 is 0.926 bits per heavy atom. The minimum Gasteiger partial charge on any atom is -0.340 e. The minimum absolute atomic E-state index is 0.0547. The van der Waals surface area contributed by atoms with E-state index in [9.17, 15) is 9.59 Å². The molecule has 2 aromatic carbocycles. The molecule has 4 nitrogen and oxygen atoms in total. The fourth-order valence-corrected chi connectivity index (χ4v) is 3.52. The highest BCUT2D eigenvalue weighted by atomic mass is 16.1. The number of aromatic nitrogens is 1. The molecular weight excluding hydrogens is 336 g/mol. The number of benzene rings is 2. The summed E-state index contributed by atoms with van der Waals surface area (Å²) in [6.45, 7) is 9.50. The van der Waals surface area contributed by atoms with Crippen molar-refractivity contribution in [3.8, 4) is 0 Å². The first-order chi connectivity index (χ1) is 12.8. The number of nitrogens with zero attached hydrogens (tertiary/aromatic N) is 2. The van der Waals surface area contributed by atoms with Gasteiger partial charge in [-0.05, 0) is 84.1 Å². The number of rotatable bonds is 7. The third kappa shape index (κ3) is 3.81. The van der Waals surface area contributed by atoms with Crippen molar-refractivity contribution in [2.75, 3.05) is 13.6 Å². The van der Waals surface area contributed by atoms with Crippen molar-refractivity contribution in [3.63, 3.8) is 0 Å².